The first-order chi connectivity index (χ1) is 7.55. The second-order valence-corrected chi connectivity index (χ2v) is 6.44. The van der Waals surface area contributed by atoms with Crippen LogP contribution in [0.4, 0.5) is 5.82 Å². The number of halogens is 1. The number of anilines is 1. The fraction of sp³-hybridized carbons (Fsp3) is 0.556. The molecule has 0 aliphatic carbocycles. The SMILES string of the molecule is O=S1(=O)CCCC(Nc2cncc(Cl)n2)C1. The highest BCUT2D eigenvalue weighted by Gasteiger charge is 2.24. The lowest BCUT2D eigenvalue weighted by atomic mass is 10.2. The van der Waals surface area contributed by atoms with Crippen molar-refractivity contribution in [3.63, 3.8) is 0 Å². The zero-order valence-corrected chi connectivity index (χ0v) is 10.1. The van der Waals surface area contributed by atoms with Crippen molar-refractivity contribution in [2.75, 3.05) is 16.8 Å². The first kappa shape index (κ1) is 11.6. The highest BCUT2D eigenvalue weighted by atomic mass is 35.5. The number of hydrogen-bond donors (Lipinski definition) is 1. The molecule has 0 spiro atoms. The number of nitrogens with one attached hydrogen (secondary N) is 1. The molecule has 0 saturated carbocycles. The molecule has 1 aliphatic heterocycles. The zero-order chi connectivity index (χ0) is 11.6. The van der Waals surface area contributed by atoms with Crippen LogP contribution in [0.3, 0.4) is 0 Å². The molecule has 0 bridgehead atoms. The molecular formula is C9H12ClN3O2S. The minimum atomic E-state index is -2.91. The predicted octanol–water partition coefficient (Wildman–Crippen LogP) is 1.12. The number of rotatable bonds is 2. The van der Waals surface area contributed by atoms with E-state index in [2.05, 4.69) is 15.3 Å². The smallest absolute Gasteiger partial charge is 0.152 e. The predicted molar refractivity (Wildman–Crippen MR) is 62.3 cm³/mol. The normalized spacial score (nSPS) is 23.9. The Kier molecular flexibility index (Phi) is 3.30. The van der Waals surface area contributed by atoms with Gasteiger partial charge in [-0.25, -0.2) is 13.4 Å². The van der Waals surface area contributed by atoms with E-state index >= 15 is 0 Å². The van der Waals surface area contributed by atoms with E-state index in [-0.39, 0.29) is 17.5 Å². The van der Waals surface area contributed by atoms with Crippen molar-refractivity contribution in [2.24, 2.45) is 0 Å². The van der Waals surface area contributed by atoms with Crippen LogP contribution in [0.1, 0.15) is 12.8 Å². The second kappa shape index (κ2) is 4.55. The molecule has 0 aromatic carbocycles. The Morgan fingerprint density at radius 1 is 1.44 bits per heavy atom. The first-order valence-electron chi connectivity index (χ1n) is 5.00. The maximum absolute atomic E-state index is 11.4. The summed E-state index contributed by atoms with van der Waals surface area (Å²) in [5.74, 6) is 0.961. The highest BCUT2D eigenvalue weighted by molar-refractivity contribution is 7.91. The molecule has 16 heavy (non-hydrogen) atoms. The van der Waals surface area contributed by atoms with E-state index < -0.39 is 9.84 Å². The monoisotopic (exact) mass is 261 g/mol. The van der Waals surface area contributed by atoms with Crippen LogP contribution in [0.25, 0.3) is 0 Å². The van der Waals surface area contributed by atoms with E-state index in [1.165, 1.54) is 12.4 Å². The third kappa shape index (κ3) is 3.05. The van der Waals surface area contributed by atoms with Crippen LogP contribution in [0.15, 0.2) is 12.4 Å². The summed E-state index contributed by atoms with van der Waals surface area (Å²) in [6, 6.07) is -0.0912. The fourth-order valence-electron chi connectivity index (χ4n) is 1.76. The van der Waals surface area contributed by atoms with Crippen molar-refractivity contribution in [3.8, 4) is 0 Å². The van der Waals surface area contributed by atoms with E-state index in [9.17, 15) is 8.42 Å². The summed E-state index contributed by atoms with van der Waals surface area (Å²) in [5, 5.41) is 3.34. The average molecular weight is 262 g/mol. The molecular weight excluding hydrogens is 250 g/mol. The molecule has 1 aromatic heterocycles. The Balaban J connectivity index is 2.05. The standard InChI is InChI=1S/C9H12ClN3O2S/c10-8-4-11-5-9(13-8)12-7-2-1-3-16(14,15)6-7/h4-5,7H,1-3,6H2,(H,12,13). The second-order valence-electron chi connectivity index (χ2n) is 3.82. The maximum atomic E-state index is 11.4. The number of aromatic nitrogens is 2. The molecule has 1 N–H and O–H groups in total. The van der Waals surface area contributed by atoms with Gasteiger partial charge in [0.2, 0.25) is 0 Å². The third-order valence-electron chi connectivity index (χ3n) is 2.42. The van der Waals surface area contributed by atoms with Crippen LogP contribution < -0.4 is 5.32 Å². The van der Waals surface area contributed by atoms with Crippen LogP contribution in [0.5, 0.6) is 0 Å². The van der Waals surface area contributed by atoms with Gasteiger partial charge in [-0.05, 0) is 12.8 Å². The van der Waals surface area contributed by atoms with Gasteiger partial charge in [0.15, 0.2) is 9.84 Å². The quantitative estimate of drug-likeness (QED) is 0.864. The highest BCUT2D eigenvalue weighted by Crippen LogP contribution is 2.16. The van der Waals surface area contributed by atoms with Crippen molar-refractivity contribution in [3.05, 3.63) is 17.5 Å². The molecule has 1 fully saturated rings. The third-order valence-corrected chi connectivity index (χ3v) is 4.42. The van der Waals surface area contributed by atoms with E-state index in [0.717, 1.165) is 6.42 Å². The summed E-state index contributed by atoms with van der Waals surface area (Å²) < 4.78 is 22.8. The van der Waals surface area contributed by atoms with Gasteiger partial charge in [0.25, 0.3) is 0 Å². The van der Waals surface area contributed by atoms with Gasteiger partial charge in [-0.15, -0.1) is 0 Å². The van der Waals surface area contributed by atoms with Gasteiger partial charge >= 0.3 is 0 Å². The van der Waals surface area contributed by atoms with E-state index in [4.69, 9.17) is 11.6 Å². The Morgan fingerprint density at radius 3 is 2.94 bits per heavy atom. The lowest BCUT2D eigenvalue weighted by Gasteiger charge is -2.23. The number of hydrogen-bond acceptors (Lipinski definition) is 5. The van der Waals surface area contributed by atoms with Crippen LogP contribution >= 0.6 is 11.6 Å². The zero-order valence-electron chi connectivity index (χ0n) is 8.56. The molecule has 0 amide bonds. The van der Waals surface area contributed by atoms with Crippen molar-refractivity contribution in [1.82, 2.24) is 9.97 Å². The summed E-state index contributed by atoms with van der Waals surface area (Å²) >= 11 is 5.69. The van der Waals surface area contributed by atoms with Gasteiger partial charge in [0.1, 0.15) is 11.0 Å². The fourth-order valence-corrected chi connectivity index (χ4v) is 3.54. The molecule has 1 aliphatic rings. The van der Waals surface area contributed by atoms with Crippen LogP contribution in [0.2, 0.25) is 5.15 Å². The lowest BCUT2D eigenvalue weighted by Crippen LogP contribution is -2.35. The maximum Gasteiger partial charge on any atom is 0.152 e. The van der Waals surface area contributed by atoms with Crippen LogP contribution in [0, 0.1) is 0 Å². The molecule has 5 nitrogen and oxygen atoms in total. The molecule has 1 aromatic rings. The largest absolute Gasteiger partial charge is 0.365 e. The Bertz CT molecular complexity index is 477. The minimum absolute atomic E-state index is 0.0912. The Morgan fingerprint density at radius 2 is 2.25 bits per heavy atom. The molecule has 1 saturated heterocycles. The average Bonchev–Trinajstić information content (AvgIpc) is 2.15. The van der Waals surface area contributed by atoms with Crippen molar-refractivity contribution in [2.45, 2.75) is 18.9 Å². The topological polar surface area (TPSA) is 72.0 Å². The summed E-state index contributed by atoms with van der Waals surface area (Å²) in [6.45, 7) is 0. The molecule has 88 valence electrons. The Hall–Kier alpha value is -0.880. The van der Waals surface area contributed by atoms with E-state index in [0.29, 0.717) is 17.4 Å². The molecule has 1 atom stereocenters. The van der Waals surface area contributed by atoms with Crippen LogP contribution in [-0.2, 0) is 9.84 Å². The molecule has 2 heterocycles. The van der Waals surface area contributed by atoms with E-state index in [1.54, 1.807) is 0 Å². The van der Waals surface area contributed by atoms with Crippen molar-refractivity contribution >= 4 is 27.3 Å². The van der Waals surface area contributed by atoms with Crippen molar-refractivity contribution in [1.29, 1.82) is 0 Å². The molecule has 1 unspecified atom stereocenters. The summed E-state index contributed by atoms with van der Waals surface area (Å²) in [5.41, 5.74) is 0. The van der Waals surface area contributed by atoms with Gasteiger partial charge in [-0.1, -0.05) is 11.6 Å². The molecule has 0 radical (unpaired) electrons. The van der Waals surface area contributed by atoms with Gasteiger partial charge in [0.05, 0.1) is 23.9 Å². The van der Waals surface area contributed by atoms with E-state index in [1.807, 2.05) is 0 Å². The van der Waals surface area contributed by atoms with Gasteiger partial charge in [-0.3, -0.25) is 4.98 Å². The number of nitrogens with zero attached hydrogens (tertiary/aromatic N) is 2. The van der Waals surface area contributed by atoms with Crippen molar-refractivity contribution < 1.29 is 8.42 Å². The Labute approximate surface area is 99.2 Å². The molecule has 2 rings (SSSR count). The van der Waals surface area contributed by atoms with Gasteiger partial charge < -0.3 is 5.32 Å². The lowest BCUT2D eigenvalue weighted by molar-refractivity contribution is 0.561. The molecule has 7 heteroatoms. The summed E-state index contributed by atoms with van der Waals surface area (Å²) in [7, 11) is -2.91. The summed E-state index contributed by atoms with van der Waals surface area (Å²) in [6.07, 6.45) is 4.48. The van der Waals surface area contributed by atoms with Gasteiger partial charge in [0, 0.05) is 6.04 Å². The number of sulfone groups is 1. The van der Waals surface area contributed by atoms with Gasteiger partial charge in [-0.2, -0.15) is 0 Å². The first-order valence-corrected chi connectivity index (χ1v) is 7.20. The minimum Gasteiger partial charge on any atom is -0.365 e. The summed E-state index contributed by atoms with van der Waals surface area (Å²) in [4.78, 5) is 7.89. The van der Waals surface area contributed by atoms with Crippen LogP contribution in [-0.4, -0.2) is 35.9 Å².